The largest absolute Gasteiger partial charge is 0.396 e. The van der Waals surface area contributed by atoms with Gasteiger partial charge in [-0.2, -0.15) is 0 Å². The van der Waals surface area contributed by atoms with Crippen LogP contribution in [0.25, 0.3) is 0 Å². The van der Waals surface area contributed by atoms with Gasteiger partial charge in [0.25, 0.3) is 10.0 Å². The summed E-state index contributed by atoms with van der Waals surface area (Å²) < 4.78 is 53.7. The Morgan fingerprint density at radius 1 is 1.19 bits per heavy atom. The number of anilines is 2. The first-order valence-electron chi connectivity index (χ1n) is 5.43. The minimum absolute atomic E-state index is 0.0312. The third-order valence-electron chi connectivity index (χ3n) is 2.49. The zero-order chi connectivity index (χ0) is 15.8. The van der Waals surface area contributed by atoms with Crippen molar-refractivity contribution in [1.29, 1.82) is 0 Å². The summed E-state index contributed by atoms with van der Waals surface area (Å²) >= 11 is 8.61. The van der Waals surface area contributed by atoms with Crippen molar-refractivity contribution in [3.8, 4) is 0 Å². The lowest BCUT2D eigenvalue weighted by Gasteiger charge is -2.11. The van der Waals surface area contributed by atoms with Crippen molar-refractivity contribution in [1.82, 2.24) is 0 Å². The molecule has 0 aliphatic carbocycles. The fourth-order valence-corrected chi connectivity index (χ4v) is 3.27. The monoisotopic (exact) mass is 396 g/mol. The SMILES string of the molecule is Nc1cc(Cl)cc(S(=O)(=O)Nc2ccc(Br)c(F)c2)c1F. The highest BCUT2D eigenvalue weighted by Crippen LogP contribution is 2.27. The molecule has 0 unspecified atom stereocenters. The van der Waals surface area contributed by atoms with Crippen LogP contribution in [0.1, 0.15) is 0 Å². The predicted molar refractivity (Wildman–Crippen MR) is 80.7 cm³/mol. The molecule has 9 heteroatoms. The molecular weight excluding hydrogens is 390 g/mol. The molecular formula is C12H8BrClF2N2O2S. The molecule has 0 aliphatic heterocycles. The normalized spacial score (nSPS) is 11.4. The minimum Gasteiger partial charge on any atom is -0.396 e. The highest BCUT2D eigenvalue weighted by molar-refractivity contribution is 9.10. The van der Waals surface area contributed by atoms with E-state index in [1.54, 1.807) is 0 Å². The number of hydrogen-bond acceptors (Lipinski definition) is 3. The first-order valence-corrected chi connectivity index (χ1v) is 8.08. The maximum absolute atomic E-state index is 13.8. The van der Waals surface area contributed by atoms with Crippen molar-refractivity contribution < 1.29 is 17.2 Å². The van der Waals surface area contributed by atoms with Gasteiger partial charge in [-0.15, -0.1) is 0 Å². The van der Waals surface area contributed by atoms with Crippen LogP contribution in [0.5, 0.6) is 0 Å². The molecule has 0 amide bonds. The van der Waals surface area contributed by atoms with E-state index in [-0.39, 0.29) is 15.2 Å². The standard InChI is InChI=1S/C12H8BrClF2N2O2S/c13-8-2-1-7(5-9(8)15)18-21(19,20)11-4-6(14)3-10(17)12(11)16/h1-5,18H,17H2. The van der Waals surface area contributed by atoms with Gasteiger partial charge in [-0.1, -0.05) is 11.6 Å². The fraction of sp³-hybridized carbons (Fsp3) is 0. The third kappa shape index (κ3) is 3.45. The fourth-order valence-electron chi connectivity index (χ4n) is 1.55. The number of halogens is 4. The van der Waals surface area contributed by atoms with Gasteiger partial charge >= 0.3 is 0 Å². The minimum atomic E-state index is -4.29. The molecule has 21 heavy (non-hydrogen) atoms. The highest BCUT2D eigenvalue weighted by atomic mass is 79.9. The summed E-state index contributed by atoms with van der Waals surface area (Å²) in [5, 5.41) is -0.0312. The van der Waals surface area contributed by atoms with Crippen LogP contribution in [-0.2, 0) is 10.0 Å². The molecule has 0 aromatic heterocycles. The van der Waals surface area contributed by atoms with E-state index in [9.17, 15) is 17.2 Å². The van der Waals surface area contributed by atoms with Crippen LogP contribution < -0.4 is 10.5 Å². The number of nitrogen functional groups attached to an aromatic ring is 1. The molecule has 4 nitrogen and oxygen atoms in total. The molecule has 2 aromatic rings. The predicted octanol–water partition coefficient (Wildman–Crippen LogP) is 3.76. The number of benzene rings is 2. The lowest BCUT2D eigenvalue weighted by molar-refractivity contribution is 0.573. The molecule has 0 heterocycles. The summed E-state index contributed by atoms with van der Waals surface area (Å²) in [4.78, 5) is -0.712. The molecule has 0 atom stereocenters. The molecule has 2 rings (SSSR count). The lowest BCUT2D eigenvalue weighted by atomic mass is 10.3. The Labute approximate surface area is 133 Å². The Bertz CT molecular complexity index is 815. The molecule has 0 fully saturated rings. The van der Waals surface area contributed by atoms with Gasteiger partial charge in [0.05, 0.1) is 15.8 Å². The van der Waals surface area contributed by atoms with Crippen LogP contribution in [0.2, 0.25) is 5.02 Å². The number of hydrogen-bond donors (Lipinski definition) is 2. The topological polar surface area (TPSA) is 72.2 Å². The average molecular weight is 398 g/mol. The van der Waals surface area contributed by atoms with Gasteiger partial charge in [0, 0.05) is 5.02 Å². The van der Waals surface area contributed by atoms with E-state index in [2.05, 4.69) is 20.7 Å². The van der Waals surface area contributed by atoms with Crippen LogP contribution in [0, 0.1) is 11.6 Å². The third-order valence-corrected chi connectivity index (χ3v) is 4.74. The number of nitrogens with two attached hydrogens (primary N) is 1. The second kappa shape index (κ2) is 5.78. The van der Waals surface area contributed by atoms with Gasteiger partial charge in [0.15, 0.2) is 5.82 Å². The molecule has 0 spiro atoms. The van der Waals surface area contributed by atoms with E-state index in [1.165, 1.54) is 12.1 Å². The van der Waals surface area contributed by atoms with Crippen LogP contribution >= 0.6 is 27.5 Å². The van der Waals surface area contributed by atoms with Crippen molar-refractivity contribution in [3.63, 3.8) is 0 Å². The quantitative estimate of drug-likeness (QED) is 0.775. The molecule has 3 N–H and O–H groups in total. The average Bonchev–Trinajstić information content (AvgIpc) is 2.37. The summed E-state index contributed by atoms with van der Waals surface area (Å²) in [5.41, 5.74) is 4.88. The van der Waals surface area contributed by atoms with Crippen LogP contribution in [-0.4, -0.2) is 8.42 Å². The van der Waals surface area contributed by atoms with Gasteiger partial charge in [-0.05, 0) is 46.3 Å². The molecule has 0 radical (unpaired) electrons. The number of sulfonamides is 1. The van der Waals surface area contributed by atoms with Gasteiger partial charge < -0.3 is 5.73 Å². The molecule has 0 aliphatic rings. The second-order valence-corrected chi connectivity index (χ2v) is 6.98. The highest BCUT2D eigenvalue weighted by Gasteiger charge is 2.22. The molecule has 0 saturated heterocycles. The molecule has 0 saturated carbocycles. The summed E-state index contributed by atoms with van der Waals surface area (Å²) in [7, 11) is -4.29. The van der Waals surface area contributed by atoms with Gasteiger partial charge in [0.1, 0.15) is 10.7 Å². The van der Waals surface area contributed by atoms with Crippen molar-refractivity contribution in [2.45, 2.75) is 4.90 Å². The first kappa shape index (κ1) is 16.0. The van der Waals surface area contributed by atoms with Gasteiger partial charge in [-0.3, -0.25) is 4.72 Å². The first-order chi connectivity index (χ1) is 9.70. The molecule has 2 aromatic carbocycles. The summed E-state index contributed by atoms with van der Waals surface area (Å²) in [6.07, 6.45) is 0. The maximum Gasteiger partial charge on any atom is 0.264 e. The summed E-state index contributed by atoms with van der Waals surface area (Å²) in [6, 6.07) is 5.60. The van der Waals surface area contributed by atoms with E-state index < -0.39 is 32.2 Å². The zero-order valence-electron chi connectivity index (χ0n) is 10.2. The van der Waals surface area contributed by atoms with Gasteiger partial charge in [0.2, 0.25) is 0 Å². The Morgan fingerprint density at radius 2 is 1.86 bits per heavy atom. The second-order valence-electron chi connectivity index (χ2n) is 4.04. The molecule has 0 bridgehead atoms. The van der Waals surface area contributed by atoms with Gasteiger partial charge in [-0.25, -0.2) is 17.2 Å². The number of nitrogens with one attached hydrogen (secondary N) is 1. The number of rotatable bonds is 3. The van der Waals surface area contributed by atoms with Crippen LogP contribution in [0.4, 0.5) is 20.2 Å². The Hall–Kier alpha value is -1.38. The van der Waals surface area contributed by atoms with E-state index >= 15 is 0 Å². The van der Waals surface area contributed by atoms with E-state index in [0.29, 0.717) is 0 Å². The summed E-state index contributed by atoms with van der Waals surface area (Å²) in [5.74, 6) is -1.79. The van der Waals surface area contributed by atoms with E-state index in [1.807, 2.05) is 0 Å². The van der Waals surface area contributed by atoms with Crippen molar-refractivity contribution in [2.75, 3.05) is 10.5 Å². The maximum atomic E-state index is 13.8. The Morgan fingerprint density at radius 3 is 2.48 bits per heavy atom. The summed E-state index contributed by atoms with van der Waals surface area (Å²) in [6.45, 7) is 0. The van der Waals surface area contributed by atoms with Crippen LogP contribution in [0.15, 0.2) is 39.7 Å². The van der Waals surface area contributed by atoms with Crippen molar-refractivity contribution in [2.24, 2.45) is 0 Å². The van der Waals surface area contributed by atoms with Crippen molar-refractivity contribution >= 4 is 48.9 Å². The molecule has 112 valence electrons. The van der Waals surface area contributed by atoms with E-state index in [0.717, 1.165) is 18.2 Å². The van der Waals surface area contributed by atoms with E-state index in [4.69, 9.17) is 17.3 Å². The lowest BCUT2D eigenvalue weighted by Crippen LogP contribution is -2.15. The zero-order valence-corrected chi connectivity index (χ0v) is 13.4. The Kier molecular flexibility index (Phi) is 4.40. The van der Waals surface area contributed by atoms with Crippen molar-refractivity contribution in [3.05, 3.63) is 51.5 Å². The van der Waals surface area contributed by atoms with Crippen LogP contribution in [0.3, 0.4) is 0 Å². The Balaban J connectivity index is 2.45. The smallest absolute Gasteiger partial charge is 0.264 e.